The number of amides is 1. The molecule has 0 aliphatic carbocycles. The van der Waals surface area contributed by atoms with Crippen molar-refractivity contribution in [3.63, 3.8) is 0 Å². The number of carbonyl (C=O) groups excluding carboxylic acids is 1. The molecule has 0 bridgehead atoms. The molecule has 2 aromatic carbocycles. The molecule has 7 nitrogen and oxygen atoms in total. The van der Waals surface area contributed by atoms with Gasteiger partial charge in [-0.05, 0) is 41.8 Å². The van der Waals surface area contributed by atoms with Crippen LogP contribution >= 0.6 is 23.4 Å². The van der Waals surface area contributed by atoms with Crippen LogP contribution in [0.4, 0.5) is 0 Å². The summed E-state index contributed by atoms with van der Waals surface area (Å²) in [5, 5.41) is 4.57. The number of nitrogens with zero attached hydrogens (tertiary/aromatic N) is 2. The van der Waals surface area contributed by atoms with Crippen molar-refractivity contribution in [2.45, 2.75) is 31.6 Å². The summed E-state index contributed by atoms with van der Waals surface area (Å²) in [6, 6.07) is 11.3. The first kappa shape index (κ1) is 23.7. The minimum Gasteiger partial charge on any atom is -0.486 e. The van der Waals surface area contributed by atoms with Crippen LogP contribution in [0.2, 0.25) is 5.02 Å². The Hall–Kier alpha value is -2.42. The molecule has 1 atom stereocenters. The summed E-state index contributed by atoms with van der Waals surface area (Å²) >= 11 is 7.55. The Kier molecular flexibility index (Phi) is 7.67. The highest BCUT2D eigenvalue weighted by Crippen LogP contribution is 2.34. The summed E-state index contributed by atoms with van der Waals surface area (Å²) < 4.78 is 18.6. The molecule has 0 saturated carbocycles. The third kappa shape index (κ3) is 5.57. The van der Waals surface area contributed by atoms with E-state index < -0.39 is 0 Å². The van der Waals surface area contributed by atoms with Gasteiger partial charge in [-0.2, -0.15) is 0 Å². The molecule has 1 amide bonds. The van der Waals surface area contributed by atoms with E-state index in [1.165, 1.54) is 11.8 Å². The lowest BCUT2D eigenvalue weighted by Crippen LogP contribution is -2.33. The van der Waals surface area contributed by atoms with Crippen LogP contribution in [0.3, 0.4) is 0 Å². The number of aromatic nitrogens is 2. The molecule has 9 heteroatoms. The van der Waals surface area contributed by atoms with Gasteiger partial charge in [-0.25, -0.2) is 4.98 Å². The van der Waals surface area contributed by atoms with Crippen LogP contribution in [0.25, 0.3) is 11.0 Å². The third-order valence-electron chi connectivity index (χ3n) is 5.44. The van der Waals surface area contributed by atoms with E-state index in [1.807, 2.05) is 36.4 Å². The van der Waals surface area contributed by atoms with Gasteiger partial charge in [-0.1, -0.05) is 43.3 Å². The van der Waals surface area contributed by atoms with Crippen molar-refractivity contribution in [1.29, 1.82) is 0 Å². The average Bonchev–Trinajstić information content (AvgIpc) is 3.15. The van der Waals surface area contributed by atoms with Crippen LogP contribution in [0.1, 0.15) is 25.5 Å². The van der Waals surface area contributed by atoms with Crippen LogP contribution in [0.5, 0.6) is 11.5 Å². The number of hydrogen-bond acceptors (Lipinski definition) is 6. The van der Waals surface area contributed by atoms with E-state index in [4.69, 9.17) is 30.8 Å². The van der Waals surface area contributed by atoms with Gasteiger partial charge in [0.25, 0.3) is 0 Å². The van der Waals surface area contributed by atoms with Crippen molar-refractivity contribution in [3.05, 3.63) is 47.0 Å². The summed E-state index contributed by atoms with van der Waals surface area (Å²) in [5.41, 5.74) is 2.77. The molecule has 3 aromatic rings. The standard InChI is InChI=1S/C24H28ClN3O4S/c1-15(2)23(16-4-7-20-21(12-16)32-11-10-31-20)27-22(29)14-33-24-26-18-13-17(25)5-6-19(18)28(24)8-9-30-3/h4-7,12-13,15,23H,8-11,14H2,1-3H3,(H,27,29)/t23-/m0/s1. The quantitative estimate of drug-likeness (QED) is 0.439. The van der Waals surface area contributed by atoms with Gasteiger partial charge < -0.3 is 24.1 Å². The number of fused-ring (bicyclic) bond motifs is 2. The lowest BCUT2D eigenvalue weighted by molar-refractivity contribution is -0.119. The maximum Gasteiger partial charge on any atom is 0.230 e. The molecule has 0 spiro atoms. The van der Waals surface area contributed by atoms with Gasteiger partial charge in [0.1, 0.15) is 13.2 Å². The van der Waals surface area contributed by atoms with Gasteiger partial charge in [-0.15, -0.1) is 0 Å². The minimum atomic E-state index is -0.139. The third-order valence-corrected chi connectivity index (χ3v) is 6.65. The van der Waals surface area contributed by atoms with Crippen molar-refractivity contribution in [2.24, 2.45) is 5.92 Å². The molecule has 0 radical (unpaired) electrons. The number of halogens is 1. The van der Waals surface area contributed by atoms with Crippen molar-refractivity contribution >= 4 is 40.3 Å². The van der Waals surface area contributed by atoms with Crippen molar-refractivity contribution in [1.82, 2.24) is 14.9 Å². The van der Waals surface area contributed by atoms with Gasteiger partial charge in [0, 0.05) is 18.7 Å². The molecule has 33 heavy (non-hydrogen) atoms. The highest BCUT2D eigenvalue weighted by Gasteiger charge is 2.22. The molecular weight excluding hydrogens is 462 g/mol. The number of nitrogens with one attached hydrogen (secondary N) is 1. The van der Waals surface area contributed by atoms with E-state index in [1.54, 1.807) is 7.11 Å². The fraction of sp³-hybridized carbons (Fsp3) is 0.417. The molecule has 1 N–H and O–H groups in total. The molecule has 1 aliphatic rings. The Morgan fingerprint density at radius 2 is 2.00 bits per heavy atom. The summed E-state index contributed by atoms with van der Waals surface area (Å²) in [6.45, 7) is 6.44. The van der Waals surface area contributed by atoms with Crippen molar-refractivity contribution < 1.29 is 19.0 Å². The maximum absolute atomic E-state index is 12.9. The topological polar surface area (TPSA) is 74.6 Å². The van der Waals surface area contributed by atoms with Crippen LogP contribution in [0, 0.1) is 5.92 Å². The molecule has 0 fully saturated rings. The Bertz CT molecular complexity index is 1130. The van der Waals surface area contributed by atoms with E-state index in [-0.39, 0.29) is 23.6 Å². The van der Waals surface area contributed by atoms with Gasteiger partial charge in [0.2, 0.25) is 5.91 Å². The lowest BCUT2D eigenvalue weighted by Gasteiger charge is -2.25. The Labute approximate surface area is 202 Å². The number of carbonyl (C=O) groups is 1. The van der Waals surface area contributed by atoms with Crippen LogP contribution < -0.4 is 14.8 Å². The molecule has 176 valence electrons. The lowest BCUT2D eigenvalue weighted by atomic mass is 9.95. The summed E-state index contributed by atoms with van der Waals surface area (Å²) in [5.74, 6) is 1.85. The smallest absolute Gasteiger partial charge is 0.230 e. The van der Waals surface area contributed by atoms with E-state index in [9.17, 15) is 4.79 Å². The van der Waals surface area contributed by atoms with Crippen LogP contribution in [-0.2, 0) is 16.1 Å². The number of rotatable bonds is 9. The van der Waals surface area contributed by atoms with Gasteiger partial charge in [0.05, 0.1) is 29.4 Å². The predicted octanol–water partition coefficient (Wildman–Crippen LogP) is 4.71. The number of methoxy groups -OCH3 is 1. The fourth-order valence-corrected chi connectivity index (χ4v) is 4.84. The van der Waals surface area contributed by atoms with Crippen LogP contribution in [0.15, 0.2) is 41.6 Å². The van der Waals surface area contributed by atoms with Crippen molar-refractivity contribution in [3.8, 4) is 11.5 Å². The first-order valence-electron chi connectivity index (χ1n) is 10.9. The zero-order valence-electron chi connectivity index (χ0n) is 19.0. The van der Waals surface area contributed by atoms with E-state index in [0.29, 0.717) is 31.4 Å². The van der Waals surface area contributed by atoms with Gasteiger partial charge in [-0.3, -0.25) is 4.79 Å². The van der Waals surface area contributed by atoms with E-state index >= 15 is 0 Å². The predicted molar refractivity (Wildman–Crippen MR) is 130 cm³/mol. The van der Waals surface area contributed by atoms with Crippen molar-refractivity contribution in [2.75, 3.05) is 32.7 Å². The second-order valence-corrected chi connectivity index (χ2v) is 9.53. The highest BCUT2D eigenvalue weighted by molar-refractivity contribution is 7.99. The monoisotopic (exact) mass is 489 g/mol. The molecule has 0 saturated heterocycles. The summed E-state index contributed by atoms with van der Waals surface area (Å²) in [7, 11) is 1.67. The summed E-state index contributed by atoms with van der Waals surface area (Å²) in [4.78, 5) is 17.6. The molecule has 4 rings (SSSR count). The van der Waals surface area contributed by atoms with E-state index in [2.05, 4.69) is 23.7 Å². The normalized spacial score (nSPS) is 14.0. The first-order valence-corrected chi connectivity index (χ1v) is 12.3. The first-order chi connectivity index (χ1) is 16.0. The number of ether oxygens (including phenoxy) is 3. The van der Waals surface area contributed by atoms with Gasteiger partial charge >= 0.3 is 0 Å². The zero-order chi connectivity index (χ0) is 23.4. The molecule has 1 aromatic heterocycles. The second-order valence-electron chi connectivity index (χ2n) is 8.15. The molecular formula is C24H28ClN3O4S. The molecule has 1 aliphatic heterocycles. The minimum absolute atomic E-state index is 0.0584. The van der Waals surface area contributed by atoms with E-state index in [0.717, 1.165) is 33.3 Å². The average molecular weight is 490 g/mol. The number of thioether (sulfide) groups is 1. The maximum atomic E-state index is 12.9. The van der Waals surface area contributed by atoms with Gasteiger partial charge in [0.15, 0.2) is 16.7 Å². The zero-order valence-corrected chi connectivity index (χ0v) is 20.5. The number of hydrogen-bond donors (Lipinski definition) is 1. The number of imidazole rings is 1. The fourth-order valence-electron chi connectivity index (χ4n) is 3.82. The molecule has 0 unspecified atom stereocenters. The second kappa shape index (κ2) is 10.7. The Morgan fingerprint density at radius 3 is 2.76 bits per heavy atom. The Morgan fingerprint density at radius 1 is 1.21 bits per heavy atom. The highest BCUT2D eigenvalue weighted by atomic mass is 35.5. The number of benzene rings is 2. The largest absolute Gasteiger partial charge is 0.486 e. The Balaban J connectivity index is 1.47. The van der Waals surface area contributed by atoms with Crippen LogP contribution in [-0.4, -0.2) is 48.1 Å². The SMILES string of the molecule is COCCn1c(SCC(=O)N[C@H](c2ccc3c(c2)OCCO3)C(C)C)nc2cc(Cl)ccc21. The molecule has 2 heterocycles. The summed E-state index contributed by atoms with van der Waals surface area (Å²) in [6.07, 6.45) is 0.